The Morgan fingerprint density at radius 1 is 1.28 bits per heavy atom. The fraction of sp³-hybridized carbons (Fsp3) is 0.316. The van der Waals surface area contributed by atoms with Gasteiger partial charge in [0.2, 0.25) is 0 Å². The second-order valence-electron chi connectivity index (χ2n) is 6.53. The normalized spacial score (nSPS) is 17.8. The van der Waals surface area contributed by atoms with Crippen LogP contribution in [0.5, 0.6) is 0 Å². The maximum Gasteiger partial charge on any atom is 0.251 e. The molecule has 1 aliphatic heterocycles. The number of aryl methyl sites for hydroxylation is 1. The molecule has 0 amide bonds. The molecule has 4 rings (SSSR count). The minimum absolute atomic E-state index is 0.0800. The standard InChI is InChI=1S/C19H19ClN4O/c1-12-22-16(10-19(25)23-12)13-3-2-8-24(11-13)18-6-7-21-17-9-14(20)4-5-15(17)18/h4-7,9-10,13H,2-3,8,11H2,1H3,(H,22,23,25)/t13-/m1/s1. The van der Waals surface area contributed by atoms with Crippen LogP contribution in [0.3, 0.4) is 0 Å². The van der Waals surface area contributed by atoms with Crippen LogP contribution in [0.25, 0.3) is 10.9 Å². The van der Waals surface area contributed by atoms with Crippen molar-refractivity contribution in [2.24, 2.45) is 0 Å². The number of H-pyrrole nitrogens is 1. The lowest BCUT2D eigenvalue weighted by Crippen LogP contribution is -2.35. The number of halogens is 1. The lowest BCUT2D eigenvalue weighted by molar-refractivity contribution is 0.500. The van der Waals surface area contributed by atoms with Crippen molar-refractivity contribution in [3.63, 3.8) is 0 Å². The van der Waals surface area contributed by atoms with Gasteiger partial charge in [-0.2, -0.15) is 0 Å². The average Bonchev–Trinajstić information content (AvgIpc) is 2.60. The summed E-state index contributed by atoms with van der Waals surface area (Å²) in [5, 5.41) is 1.79. The number of aromatic amines is 1. The van der Waals surface area contributed by atoms with Crippen LogP contribution < -0.4 is 10.5 Å². The highest BCUT2D eigenvalue weighted by Crippen LogP contribution is 2.33. The van der Waals surface area contributed by atoms with Gasteiger partial charge in [0.05, 0.1) is 11.2 Å². The Bertz CT molecular complexity index is 985. The Morgan fingerprint density at radius 3 is 3.00 bits per heavy atom. The van der Waals surface area contributed by atoms with Crippen molar-refractivity contribution < 1.29 is 0 Å². The number of pyridine rings is 1. The molecule has 1 atom stereocenters. The molecule has 1 aromatic carbocycles. The van der Waals surface area contributed by atoms with Crippen molar-refractivity contribution >= 4 is 28.2 Å². The van der Waals surface area contributed by atoms with Gasteiger partial charge in [0.1, 0.15) is 5.82 Å². The predicted molar refractivity (Wildman–Crippen MR) is 101 cm³/mol. The summed E-state index contributed by atoms with van der Waals surface area (Å²) in [5.74, 6) is 0.925. The van der Waals surface area contributed by atoms with E-state index < -0.39 is 0 Å². The molecular weight excluding hydrogens is 336 g/mol. The second-order valence-corrected chi connectivity index (χ2v) is 6.97. The van der Waals surface area contributed by atoms with Crippen LogP contribution in [-0.4, -0.2) is 28.0 Å². The first-order chi connectivity index (χ1) is 12.1. The number of nitrogens with zero attached hydrogens (tertiary/aromatic N) is 3. The number of hydrogen-bond donors (Lipinski definition) is 1. The average molecular weight is 355 g/mol. The van der Waals surface area contributed by atoms with Crippen molar-refractivity contribution in [1.82, 2.24) is 15.0 Å². The van der Waals surface area contributed by atoms with Gasteiger partial charge in [-0.05, 0) is 44.0 Å². The topological polar surface area (TPSA) is 61.9 Å². The lowest BCUT2D eigenvalue weighted by atomic mass is 9.93. The molecule has 0 bridgehead atoms. The summed E-state index contributed by atoms with van der Waals surface area (Å²) in [6.07, 6.45) is 3.93. The van der Waals surface area contributed by atoms with Crippen LogP contribution in [0.1, 0.15) is 30.3 Å². The van der Waals surface area contributed by atoms with Crippen LogP contribution >= 0.6 is 11.6 Å². The highest BCUT2D eigenvalue weighted by atomic mass is 35.5. The fourth-order valence-corrected chi connectivity index (χ4v) is 3.80. The molecule has 1 fully saturated rings. The molecule has 3 aromatic rings. The Balaban J connectivity index is 1.69. The molecule has 1 N–H and O–H groups in total. The number of hydrogen-bond acceptors (Lipinski definition) is 4. The van der Waals surface area contributed by atoms with E-state index in [1.54, 1.807) is 6.07 Å². The summed E-state index contributed by atoms with van der Waals surface area (Å²) in [5.41, 5.74) is 2.86. The van der Waals surface area contributed by atoms with Crippen LogP contribution in [0.4, 0.5) is 5.69 Å². The van der Waals surface area contributed by atoms with E-state index in [2.05, 4.69) is 25.9 Å². The Kier molecular flexibility index (Phi) is 4.17. The number of piperidine rings is 1. The van der Waals surface area contributed by atoms with Gasteiger partial charge in [0.25, 0.3) is 5.56 Å². The Hall–Kier alpha value is -2.40. The van der Waals surface area contributed by atoms with Gasteiger partial charge in [-0.3, -0.25) is 9.78 Å². The summed E-state index contributed by atoms with van der Waals surface area (Å²) in [6.45, 7) is 3.66. The first kappa shape index (κ1) is 16.1. The predicted octanol–water partition coefficient (Wildman–Crippen LogP) is 3.66. The first-order valence-corrected chi connectivity index (χ1v) is 8.85. The largest absolute Gasteiger partial charge is 0.370 e. The first-order valence-electron chi connectivity index (χ1n) is 8.47. The molecule has 0 aliphatic carbocycles. The van der Waals surface area contributed by atoms with Gasteiger partial charge in [0.15, 0.2) is 0 Å². The molecule has 0 spiro atoms. The third-order valence-electron chi connectivity index (χ3n) is 4.74. The van der Waals surface area contributed by atoms with E-state index in [0.717, 1.165) is 48.2 Å². The molecular formula is C19H19ClN4O. The summed E-state index contributed by atoms with van der Waals surface area (Å²) >= 11 is 6.10. The van der Waals surface area contributed by atoms with Gasteiger partial charge in [-0.25, -0.2) is 4.98 Å². The molecule has 0 unspecified atom stereocenters. The zero-order valence-corrected chi connectivity index (χ0v) is 14.8. The van der Waals surface area contributed by atoms with Gasteiger partial charge < -0.3 is 9.88 Å². The van der Waals surface area contributed by atoms with Crippen LogP contribution in [-0.2, 0) is 0 Å². The number of nitrogens with one attached hydrogen (secondary N) is 1. The molecule has 25 heavy (non-hydrogen) atoms. The van der Waals surface area contributed by atoms with Crippen molar-refractivity contribution in [1.29, 1.82) is 0 Å². The van der Waals surface area contributed by atoms with E-state index in [1.165, 1.54) is 0 Å². The zero-order chi connectivity index (χ0) is 17.4. The SMILES string of the molecule is Cc1nc([C@@H]2CCCN(c3ccnc4cc(Cl)ccc34)C2)cc(=O)[nH]1. The molecule has 5 nitrogen and oxygen atoms in total. The van der Waals surface area contributed by atoms with Crippen LogP contribution in [0, 0.1) is 6.92 Å². The van der Waals surface area contributed by atoms with Crippen molar-refractivity contribution in [3.05, 3.63) is 63.4 Å². The Labute approximate surface area is 150 Å². The number of rotatable bonds is 2. The van der Waals surface area contributed by atoms with Gasteiger partial charge in [-0.1, -0.05) is 11.6 Å². The lowest BCUT2D eigenvalue weighted by Gasteiger charge is -2.34. The maximum atomic E-state index is 11.8. The number of fused-ring (bicyclic) bond motifs is 1. The van der Waals surface area contributed by atoms with Crippen molar-refractivity contribution in [2.45, 2.75) is 25.7 Å². The van der Waals surface area contributed by atoms with Crippen LogP contribution in [0.2, 0.25) is 5.02 Å². The molecule has 128 valence electrons. The maximum absolute atomic E-state index is 11.8. The van der Waals surface area contributed by atoms with Crippen LogP contribution in [0.15, 0.2) is 41.3 Å². The molecule has 0 radical (unpaired) electrons. The number of aromatic nitrogens is 3. The highest BCUT2D eigenvalue weighted by Gasteiger charge is 2.24. The monoisotopic (exact) mass is 354 g/mol. The minimum Gasteiger partial charge on any atom is -0.370 e. The second kappa shape index (κ2) is 6.48. The van der Waals surface area contributed by atoms with Crippen molar-refractivity contribution in [3.8, 4) is 0 Å². The van der Waals surface area contributed by atoms with E-state index >= 15 is 0 Å². The molecule has 0 saturated carbocycles. The van der Waals surface area contributed by atoms with E-state index in [-0.39, 0.29) is 11.5 Å². The molecule has 3 heterocycles. The van der Waals surface area contributed by atoms with E-state index in [4.69, 9.17) is 11.6 Å². The molecule has 6 heteroatoms. The van der Waals surface area contributed by atoms with Gasteiger partial charge in [-0.15, -0.1) is 0 Å². The molecule has 1 aliphatic rings. The van der Waals surface area contributed by atoms with Gasteiger partial charge in [0, 0.05) is 47.4 Å². The summed E-state index contributed by atoms with van der Waals surface area (Å²) in [7, 11) is 0. The zero-order valence-electron chi connectivity index (χ0n) is 14.0. The number of benzene rings is 1. The quantitative estimate of drug-likeness (QED) is 0.762. The van der Waals surface area contributed by atoms with E-state index in [9.17, 15) is 4.79 Å². The third-order valence-corrected chi connectivity index (χ3v) is 4.98. The third kappa shape index (κ3) is 3.24. The highest BCUT2D eigenvalue weighted by molar-refractivity contribution is 6.31. The van der Waals surface area contributed by atoms with E-state index in [0.29, 0.717) is 10.8 Å². The Morgan fingerprint density at radius 2 is 2.16 bits per heavy atom. The van der Waals surface area contributed by atoms with Gasteiger partial charge >= 0.3 is 0 Å². The molecule has 1 saturated heterocycles. The summed E-state index contributed by atoms with van der Waals surface area (Å²) in [6, 6.07) is 9.50. The number of anilines is 1. The smallest absolute Gasteiger partial charge is 0.251 e. The van der Waals surface area contributed by atoms with E-state index in [1.807, 2.05) is 31.3 Å². The fourth-order valence-electron chi connectivity index (χ4n) is 3.63. The minimum atomic E-state index is -0.0800. The molecule has 2 aromatic heterocycles. The van der Waals surface area contributed by atoms with Crippen molar-refractivity contribution in [2.75, 3.05) is 18.0 Å². The summed E-state index contributed by atoms with van der Waals surface area (Å²) < 4.78 is 0. The summed E-state index contributed by atoms with van der Waals surface area (Å²) in [4.78, 5) is 25.8.